The van der Waals surface area contributed by atoms with E-state index in [9.17, 15) is 0 Å². The van der Waals surface area contributed by atoms with Crippen LogP contribution in [0.4, 0.5) is 91.7 Å². The molecule has 3 aromatic heterocycles. The van der Waals surface area contributed by atoms with Gasteiger partial charge in [-0.1, -0.05) is 181 Å². The molecule has 0 atom stereocenters. The number of benzene rings is 13. The second-order valence-corrected chi connectivity index (χ2v) is 27.4. The molecule has 0 amide bonds. The molecule has 6 aliphatic rings. The van der Waals surface area contributed by atoms with Gasteiger partial charge in [0, 0.05) is 125 Å². The Balaban J connectivity index is 0.000000122. The van der Waals surface area contributed by atoms with Crippen LogP contribution in [-0.2, 0) is 60.3 Å². The van der Waals surface area contributed by atoms with E-state index in [0.717, 1.165) is 126 Å². The number of hydrogen-bond acceptors (Lipinski definition) is 21. The van der Waals surface area contributed by atoms with Gasteiger partial charge in [0.05, 0.1) is 11.9 Å². The van der Waals surface area contributed by atoms with Crippen molar-refractivity contribution in [3.8, 4) is 0 Å². The van der Waals surface area contributed by atoms with Crippen LogP contribution in [0.25, 0.3) is 0 Å². The van der Waals surface area contributed by atoms with Crippen molar-refractivity contribution in [1.29, 1.82) is 0 Å². The summed E-state index contributed by atoms with van der Waals surface area (Å²) in [4.78, 5) is 44.1. The number of aromatic nitrogens is 6. The minimum absolute atomic E-state index is 0. The van der Waals surface area contributed by atoms with Gasteiger partial charge in [-0.25, -0.2) is 29.9 Å². The molecule has 0 fully saturated rings. The Morgan fingerprint density at radius 2 is 0.496 bits per heavy atom. The average Bonchev–Trinajstić information content (AvgIpc) is 1.62. The molecular weight excluding hydrogens is 2080 g/mol. The molecule has 0 saturated heterocycles. The molecule has 24 heteroatoms. The topological polar surface area (TPSA) is 153 Å². The molecule has 0 N–H and O–H groups in total. The number of fused-ring (bicyclic) bond motifs is 3. The Morgan fingerprint density at radius 3 is 0.824 bits per heavy atom. The number of rotatable bonds is 13. The van der Waals surface area contributed by atoms with E-state index in [-0.39, 0.29) is 60.3 Å². The first-order chi connectivity index (χ1) is 60.4. The second kappa shape index (κ2) is 42.9. The second-order valence-electron chi connectivity index (χ2n) is 27.4. The number of hydrazone groups is 3. The van der Waals surface area contributed by atoms with E-state index < -0.39 is 0 Å². The Bertz CT molecular complexity index is 5580. The van der Waals surface area contributed by atoms with Crippen LogP contribution in [0.5, 0.6) is 0 Å². The molecule has 0 unspecified atom stereocenters. The fourth-order valence-electron chi connectivity index (χ4n) is 13.5. The predicted molar refractivity (Wildman–Crippen MR) is 489 cm³/mol. The van der Waals surface area contributed by atoms with Crippen LogP contribution in [0.15, 0.2) is 411 Å². The van der Waals surface area contributed by atoms with E-state index in [2.05, 4.69) is 154 Å². The molecule has 625 valence electrons. The maximum Gasteiger partial charge on any atom is 0.145 e. The van der Waals surface area contributed by atoms with Gasteiger partial charge in [0.15, 0.2) is 0 Å². The summed E-state index contributed by atoms with van der Waals surface area (Å²) in [5.74, 6) is 6.91. The molecule has 16 aromatic rings. The van der Waals surface area contributed by atoms with E-state index in [1.165, 1.54) is 0 Å². The third-order valence-electron chi connectivity index (χ3n) is 19.3. The van der Waals surface area contributed by atoms with Crippen molar-refractivity contribution in [2.75, 3.05) is 73.2 Å². The van der Waals surface area contributed by atoms with E-state index in [1.807, 2.05) is 390 Å². The molecule has 0 bridgehead atoms. The summed E-state index contributed by atoms with van der Waals surface area (Å²) in [6, 6.07) is 138. The SMILES string of the molecule is CN1[CH-]N(c2[c-]cccc2)c2nccnc21.CN1[CH-]N(c2[c-]cccc2)c2ncncc21.[Ir].[Ir].[Ir].[c-]1ccccc1N1[CH-]N(c2ccccc2)C(c2ccccc2)=N1.[c-]1ccccc1N1[CH-]N(c2ccccc2)C(c2ccccc2)=N1.[c-]1ccccc1N1[CH-]N(c2ccccc2)C(c2ccccc2)=N1.[c-]1ccccc1N1[CH-]N(c2ccccc2)c2nccnc21. The molecule has 22 rings (SSSR count). The number of hydrogen-bond donors (Lipinski definition) is 0. The third-order valence-corrected chi connectivity index (χ3v) is 19.3. The van der Waals surface area contributed by atoms with Crippen LogP contribution in [-0.4, -0.2) is 61.5 Å². The van der Waals surface area contributed by atoms with Gasteiger partial charge in [0.1, 0.15) is 52.9 Å². The fourth-order valence-corrected chi connectivity index (χ4v) is 13.5. The van der Waals surface area contributed by atoms with Gasteiger partial charge >= 0.3 is 0 Å². The Hall–Kier alpha value is -14.3. The van der Waals surface area contributed by atoms with Gasteiger partial charge in [-0.3, -0.25) is 0 Å². The molecule has 9 heterocycles. The van der Waals surface area contributed by atoms with Crippen molar-refractivity contribution in [3.05, 3.63) is 488 Å². The van der Waals surface area contributed by atoms with Crippen LogP contribution >= 0.6 is 0 Å². The van der Waals surface area contributed by atoms with Crippen molar-refractivity contribution in [2.45, 2.75) is 0 Å². The molecule has 0 saturated carbocycles. The summed E-state index contributed by atoms with van der Waals surface area (Å²) in [7, 11) is 3.93. The van der Waals surface area contributed by atoms with Crippen LogP contribution in [0.1, 0.15) is 16.7 Å². The largest absolute Gasteiger partial charge is 0.501 e. The Morgan fingerprint density at radius 1 is 0.232 bits per heavy atom. The number of nitrogens with zero attached hydrogens (tertiary/aromatic N) is 21. The normalized spacial score (nSPS) is 13.6. The van der Waals surface area contributed by atoms with Crippen molar-refractivity contribution in [3.63, 3.8) is 0 Å². The van der Waals surface area contributed by atoms with E-state index in [1.54, 1.807) is 31.1 Å². The minimum atomic E-state index is 0. The van der Waals surface area contributed by atoms with Crippen LogP contribution < -0.4 is 59.1 Å². The zero-order valence-corrected chi connectivity index (χ0v) is 74.6. The van der Waals surface area contributed by atoms with Gasteiger partial charge in [-0.05, 0) is 62.6 Å². The molecule has 21 nitrogen and oxygen atoms in total. The summed E-state index contributed by atoms with van der Waals surface area (Å²) in [6.45, 7) is 11.9. The number of para-hydroxylation sites is 10. The third kappa shape index (κ3) is 20.9. The molecule has 125 heavy (non-hydrogen) atoms. The molecule has 6 aliphatic heterocycles. The van der Waals surface area contributed by atoms with Crippen molar-refractivity contribution in [2.24, 2.45) is 15.3 Å². The van der Waals surface area contributed by atoms with Crippen molar-refractivity contribution in [1.82, 2.24) is 29.9 Å². The van der Waals surface area contributed by atoms with Crippen LogP contribution in [0, 0.1) is 76.4 Å². The van der Waals surface area contributed by atoms with E-state index >= 15 is 0 Å². The predicted octanol–water partition coefficient (Wildman–Crippen LogP) is 20.5. The molecule has 0 spiro atoms. The van der Waals surface area contributed by atoms with Gasteiger partial charge in [-0.2, -0.15) is 186 Å². The first-order valence-corrected chi connectivity index (χ1v) is 39.2. The smallest absolute Gasteiger partial charge is 0.145 e. The number of amidine groups is 3. The fraction of sp³-hybridized carbons (Fsp3) is 0.0198. The van der Waals surface area contributed by atoms with E-state index in [0.29, 0.717) is 0 Å². The maximum absolute atomic E-state index is 4.78. The quantitative estimate of drug-likeness (QED) is 0.100. The summed E-state index contributed by atoms with van der Waals surface area (Å²) in [6.07, 6.45) is 10.2. The minimum Gasteiger partial charge on any atom is -0.501 e. The summed E-state index contributed by atoms with van der Waals surface area (Å²) in [5.41, 5.74) is 14.1. The first kappa shape index (κ1) is 87.0. The zero-order valence-electron chi connectivity index (χ0n) is 67.4. The monoisotopic (exact) mass is 2160 g/mol. The first-order valence-electron chi connectivity index (χ1n) is 39.2. The standard InChI is InChI=1S/3C20H15N3.C17H12N4.2C12H10N4.3Ir/c3*1-4-10-17(11-5-1)20-21-23(19-14-8-3-9-15-19)16-22(20)18-12-6-2-7-13-18;1-3-7-14(8-4-1)20-13-21(15-9-5-2-6-10-15)17-16(20)18-11-12-19-17;1-15-9-16(10-5-3-2-4-6-10)12-11(15)7-13-8-14-12;1-15-9-16(10-5-3-2-4-6-10)12-11(15)13-7-8-14-12;;;/h3*1-14,16H;1-9,11-13H;2*2-5,7-9H,1H3;;;/q6*-2;;;. The van der Waals surface area contributed by atoms with Crippen LogP contribution in [0.2, 0.25) is 0 Å². The van der Waals surface area contributed by atoms with Gasteiger partial charge in [0.2, 0.25) is 0 Å². The van der Waals surface area contributed by atoms with Gasteiger partial charge < -0.3 is 59.1 Å². The van der Waals surface area contributed by atoms with Crippen molar-refractivity contribution >= 4 is 109 Å². The Kier molecular flexibility index (Phi) is 29.9. The van der Waals surface area contributed by atoms with Crippen LogP contribution in [0.3, 0.4) is 0 Å². The summed E-state index contributed by atoms with van der Waals surface area (Å²) in [5, 5.41) is 19.9. The van der Waals surface area contributed by atoms with Gasteiger partial charge in [-0.15, -0.1) is 68.6 Å². The van der Waals surface area contributed by atoms with E-state index in [4.69, 9.17) is 15.3 Å². The molecular formula is C101H77Ir3N21-12. The Labute approximate surface area is 770 Å². The molecule has 0 aliphatic carbocycles. The zero-order chi connectivity index (χ0) is 82.4. The summed E-state index contributed by atoms with van der Waals surface area (Å²) < 4.78 is 0. The summed E-state index contributed by atoms with van der Waals surface area (Å²) >= 11 is 0. The average molecular weight is 2160 g/mol. The molecule has 13 aromatic carbocycles. The molecule has 3 radical (unpaired) electrons. The maximum atomic E-state index is 4.78. The number of anilines is 16. The van der Waals surface area contributed by atoms with Crippen molar-refractivity contribution < 1.29 is 60.3 Å². The van der Waals surface area contributed by atoms with Gasteiger partial charge in [0.25, 0.3) is 0 Å².